The maximum Gasteiger partial charge on any atom is 0.238 e. The summed E-state index contributed by atoms with van der Waals surface area (Å²) in [4.78, 5) is 14.0. The minimum absolute atomic E-state index is 0.0303. The summed E-state index contributed by atoms with van der Waals surface area (Å²) in [5, 5.41) is 0. The first kappa shape index (κ1) is 20.4. The Bertz CT molecular complexity index is 613. The molecule has 1 amide bonds. The highest BCUT2D eigenvalue weighted by atomic mass is 32.2. The van der Waals surface area contributed by atoms with Gasteiger partial charge in [0.25, 0.3) is 0 Å². The molecular weight excluding hydrogens is 340 g/mol. The molecule has 0 N–H and O–H groups in total. The SMILES string of the molecule is CCN(C(=O)CN(CCC(C)C)S(C)(=O)=O)C1CCS(=O)(=O)C1. The molecule has 0 spiro atoms. The summed E-state index contributed by atoms with van der Waals surface area (Å²) in [7, 11) is -6.56. The van der Waals surface area contributed by atoms with E-state index in [-0.39, 0.29) is 30.0 Å². The summed E-state index contributed by atoms with van der Waals surface area (Å²) < 4.78 is 48.1. The minimum atomic E-state index is -3.48. The Labute approximate surface area is 140 Å². The molecular formula is C14H28N2O5S2. The highest BCUT2D eigenvalue weighted by molar-refractivity contribution is 7.91. The summed E-state index contributed by atoms with van der Waals surface area (Å²) in [6, 6.07) is -0.344. The molecule has 0 aromatic heterocycles. The van der Waals surface area contributed by atoms with Crippen molar-refractivity contribution in [3.8, 4) is 0 Å². The molecule has 1 rings (SSSR count). The molecule has 1 aliphatic heterocycles. The van der Waals surface area contributed by atoms with E-state index >= 15 is 0 Å². The molecule has 1 unspecified atom stereocenters. The van der Waals surface area contributed by atoms with E-state index in [0.717, 1.165) is 6.26 Å². The third-order valence-electron chi connectivity index (χ3n) is 4.05. The predicted octanol–water partition coefficient (Wildman–Crippen LogP) is 0.330. The molecule has 0 aliphatic carbocycles. The summed E-state index contributed by atoms with van der Waals surface area (Å²) in [5.74, 6) is 0.0579. The number of sulfonamides is 1. The monoisotopic (exact) mass is 368 g/mol. The van der Waals surface area contributed by atoms with Gasteiger partial charge in [0.15, 0.2) is 9.84 Å². The standard InChI is InChI=1S/C14H28N2O5S2/c1-5-16(13-7-9-23(20,21)11-13)14(17)10-15(22(4,18)19)8-6-12(2)3/h12-13H,5-11H2,1-4H3. The normalized spacial score (nSPS) is 21.0. The Balaban J connectivity index is 2.79. The van der Waals surface area contributed by atoms with Gasteiger partial charge in [0.2, 0.25) is 15.9 Å². The number of rotatable bonds is 8. The van der Waals surface area contributed by atoms with Crippen LogP contribution in [0.2, 0.25) is 0 Å². The summed E-state index contributed by atoms with van der Waals surface area (Å²) in [5.41, 5.74) is 0. The van der Waals surface area contributed by atoms with Gasteiger partial charge in [-0.25, -0.2) is 16.8 Å². The number of likely N-dealkylation sites (N-methyl/N-ethyl adjacent to an activating group) is 1. The van der Waals surface area contributed by atoms with Gasteiger partial charge in [-0.1, -0.05) is 13.8 Å². The lowest BCUT2D eigenvalue weighted by Crippen LogP contribution is -2.47. The van der Waals surface area contributed by atoms with E-state index < -0.39 is 19.9 Å². The predicted molar refractivity (Wildman–Crippen MR) is 90.3 cm³/mol. The van der Waals surface area contributed by atoms with Crippen molar-refractivity contribution in [3.05, 3.63) is 0 Å². The van der Waals surface area contributed by atoms with Gasteiger partial charge in [-0.05, 0) is 25.7 Å². The molecule has 1 saturated heterocycles. The van der Waals surface area contributed by atoms with Gasteiger partial charge in [0.05, 0.1) is 24.3 Å². The van der Waals surface area contributed by atoms with Crippen molar-refractivity contribution in [1.82, 2.24) is 9.21 Å². The van der Waals surface area contributed by atoms with Crippen molar-refractivity contribution in [2.45, 2.75) is 39.7 Å². The van der Waals surface area contributed by atoms with Crippen LogP contribution in [0.15, 0.2) is 0 Å². The van der Waals surface area contributed by atoms with Gasteiger partial charge in [-0.15, -0.1) is 0 Å². The zero-order chi connectivity index (χ0) is 17.8. The van der Waals surface area contributed by atoms with Gasteiger partial charge < -0.3 is 4.90 Å². The lowest BCUT2D eigenvalue weighted by molar-refractivity contribution is -0.133. The van der Waals surface area contributed by atoms with Crippen molar-refractivity contribution in [3.63, 3.8) is 0 Å². The fraction of sp³-hybridized carbons (Fsp3) is 0.929. The number of hydrogen-bond donors (Lipinski definition) is 0. The van der Waals surface area contributed by atoms with Crippen molar-refractivity contribution in [2.75, 3.05) is 37.4 Å². The topological polar surface area (TPSA) is 91.8 Å². The van der Waals surface area contributed by atoms with Crippen LogP contribution in [0.4, 0.5) is 0 Å². The molecule has 9 heteroatoms. The third kappa shape index (κ3) is 6.39. The van der Waals surface area contributed by atoms with Gasteiger partial charge in [0, 0.05) is 19.1 Å². The second kappa shape index (κ2) is 7.94. The second-order valence-electron chi connectivity index (χ2n) is 6.52. The molecule has 1 heterocycles. The number of nitrogens with zero attached hydrogens (tertiary/aromatic N) is 2. The zero-order valence-electron chi connectivity index (χ0n) is 14.4. The average molecular weight is 369 g/mol. The molecule has 0 aromatic carbocycles. The summed E-state index contributed by atoms with van der Waals surface area (Å²) in [6.07, 6.45) is 2.19. The Morgan fingerprint density at radius 2 is 1.91 bits per heavy atom. The molecule has 0 radical (unpaired) electrons. The first-order valence-corrected chi connectivity index (χ1v) is 11.6. The molecule has 0 aromatic rings. The average Bonchev–Trinajstić information content (AvgIpc) is 2.74. The summed E-state index contributed by atoms with van der Waals surface area (Å²) >= 11 is 0. The van der Waals surface area contributed by atoms with Gasteiger partial charge in [-0.2, -0.15) is 4.31 Å². The van der Waals surface area contributed by atoms with Crippen LogP contribution < -0.4 is 0 Å². The molecule has 1 fully saturated rings. The Morgan fingerprint density at radius 1 is 1.30 bits per heavy atom. The molecule has 23 heavy (non-hydrogen) atoms. The summed E-state index contributed by atoms with van der Waals surface area (Å²) in [6.45, 7) is 6.20. The first-order chi connectivity index (χ1) is 10.5. The lowest BCUT2D eigenvalue weighted by atomic mass is 10.1. The second-order valence-corrected chi connectivity index (χ2v) is 10.7. The van der Waals surface area contributed by atoms with E-state index in [4.69, 9.17) is 0 Å². The van der Waals surface area contributed by atoms with Crippen LogP contribution in [0.25, 0.3) is 0 Å². The lowest BCUT2D eigenvalue weighted by Gasteiger charge is -2.29. The number of amides is 1. The number of hydrogen-bond acceptors (Lipinski definition) is 5. The van der Waals surface area contributed by atoms with Crippen LogP contribution in [0.3, 0.4) is 0 Å². The van der Waals surface area contributed by atoms with Gasteiger partial charge >= 0.3 is 0 Å². The van der Waals surface area contributed by atoms with Crippen molar-refractivity contribution in [1.29, 1.82) is 0 Å². The molecule has 136 valence electrons. The van der Waals surface area contributed by atoms with Gasteiger partial charge in [-0.3, -0.25) is 4.79 Å². The van der Waals surface area contributed by atoms with E-state index in [9.17, 15) is 21.6 Å². The largest absolute Gasteiger partial charge is 0.338 e. The minimum Gasteiger partial charge on any atom is -0.338 e. The van der Waals surface area contributed by atoms with Crippen LogP contribution >= 0.6 is 0 Å². The molecule has 7 nitrogen and oxygen atoms in total. The Hall–Kier alpha value is -0.670. The van der Waals surface area contributed by atoms with Gasteiger partial charge in [0.1, 0.15) is 0 Å². The van der Waals surface area contributed by atoms with Crippen molar-refractivity contribution in [2.24, 2.45) is 5.92 Å². The van der Waals surface area contributed by atoms with E-state index in [1.54, 1.807) is 6.92 Å². The Morgan fingerprint density at radius 3 is 2.30 bits per heavy atom. The van der Waals surface area contributed by atoms with E-state index in [1.165, 1.54) is 9.21 Å². The highest BCUT2D eigenvalue weighted by Gasteiger charge is 2.35. The van der Waals surface area contributed by atoms with E-state index in [2.05, 4.69) is 0 Å². The number of sulfone groups is 1. The molecule has 0 saturated carbocycles. The van der Waals surface area contributed by atoms with E-state index in [1.807, 2.05) is 13.8 Å². The van der Waals surface area contributed by atoms with Crippen LogP contribution in [0.1, 0.15) is 33.6 Å². The molecule has 1 aliphatic rings. The molecule has 1 atom stereocenters. The van der Waals surface area contributed by atoms with Crippen molar-refractivity contribution >= 4 is 25.8 Å². The fourth-order valence-electron chi connectivity index (χ4n) is 2.67. The van der Waals surface area contributed by atoms with E-state index in [0.29, 0.717) is 31.8 Å². The maximum absolute atomic E-state index is 12.5. The fourth-order valence-corrected chi connectivity index (χ4v) is 5.18. The van der Waals surface area contributed by atoms with Crippen LogP contribution in [0, 0.1) is 5.92 Å². The smallest absolute Gasteiger partial charge is 0.238 e. The van der Waals surface area contributed by atoms with Crippen LogP contribution in [-0.2, 0) is 24.7 Å². The highest BCUT2D eigenvalue weighted by Crippen LogP contribution is 2.18. The Kier molecular flexibility index (Phi) is 7.03. The van der Waals surface area contributed by atoms with Crippen LogP contribution in [0.5, 0.6) is 0 Å². The zero-order valence-corrected chi connectivity index (χ0v) is 16.0. The quantitative estimate of drug-likeness (QED) is 0.616. The first-order valence-electron chi connectivity index (χ1n) is 7.91. The number of carbonyl (C=O) groups excluding carboxylic acids is 1. The third-order valence-corrected chi connectivity index (χ3v) is 7.05. The van der Waals surface area contributed by atoms with Crippen LogP contribution in [-0.4, -0.2) is 75.4 Å². The number of carbonyl (C=O) groups is 1. The molecule has 0 bridgehead atoms. The maximum atomic E-state index is 12.5. The van der Waals surface area contributed by atoms with Crippen molar-refractivity contribution < 1.29 is 21.6 Å².